The minimum absolute atomic E-state index is 0.0872. The summed E-state index contributed by atoms with van der Waals surface area (Å²) in [5.74, 6) is 1.59. The van der Waals surface area contributed by atoms with Crippen LogP contribution in [0.5, 0.6) is 0 Å². The maximum Gasteiger partial charge on any atom is 0.242 e. The Morgan fingerprint density at radius 2 is 1.96 bits per heavy atom. The van der Waals surface area contributed by atoms with E-state index in [4.69, 9.17) is 0 Å². The van der Waals surface area contributed by atoms with Crippen LogP contribution in [0.1, 0.15) is 25.3 Å². The summed E-state index contributed by atoms with van der Waals surface area (Å²) in [4.78, 5) is 23.5. The zero-order valence-corrected chi connectivity index (χ0v) is 15.5. The van der Waals surface area contributed by atoms with E-state index in [9.17, 15) is 4.79 Å². The lowest BCUT2D eigenvalue weighted by molar-refractivity contribution is -0.121. The predicted octanol–water partition coefficient (Wildman–Crippen LogP) is 2.38. The number of nitrogens with zero attached hydrogens (tertiary/aromatic N) is 5. The summed E-state index contributed by atoms with van der Waals surface area (Å²) in [5.41, 5.74) is 1.77. The van der Waals surface area contributed by atoms with Crippen molar-refractivity contribution in [2.24, 2.45) is 5.92 Å². The first-order valence-electron chi connectivity index (χ1n) is 9.43. The number of rotatable bonds is 5. The summed E-state index contributed by atoms with van der Waals surface area (Å²) in [7, 11) is 0. The number of fused-ring (bicyclic) bond motifs is 1. The van der Waals surface area contributed by atoms with Crippen molar-refractivity contribution in [1.29, 1.82) is 0 Å². The number of carbonyl (C=O) groups is 1. The van der Waals surface area contributed by atoms with E-state index in [-0.39, 0.29) is 12.5 Å². The third-order valence-corrected chi connectivity index (χ3v) is 5.12. The Hall–Kier alpha value is -2.96. The summed E-state index contributed by atoms with van der Waals surface area (Å²) >= 11 is 0. The standard InChI is InChI=1S/C20H24N6O/c1-15-7-9-25(10-8-15)19-17-12-24-26(20(17)23-14-22-19)13-18(27)21-11-16-5-3-2-4-6-16/h2-6,12,14-15H,7-11,13H2,1H3,(H,21,27). The Labute approximate surface area is 158 Å². The van der Waals surface area contributed by atoms with Gasteiger partial charge in [0.1, 0.15) is 18.7 Å². The normalized spacial score (nSPS) is 15.2. The smallest absolute Gasteiger partial charge is 0.242 e. The second-order valence-electron chi connectivity index (χ2n) is 7.17. The summed E-state index contributed by atoms with van der Waals surface area (Å²) < 4.78 is 1.65. The van der Waals surface area contributed by atoms with Gasteiger partial charge < -0.3 is 10.2 Å². The topological polar surface area (TPSA) is 75.9 Å². The molecule has 27 heavy (non-hydrogen) atoms. The first kappa shape index (κ1) is 17.5. The van der Waals surface area contributed by atoms with Crippen LogP contribution in [-0.2, 0) is 17.9 Å². The second-order valence-corrected chi connectivity index (χ2v) is 7.17. The average Bonchev–Trinajstić information content (AvgIpc) is 3.11. The number of benzene rings is 1. The molecule has 1 fully saturated rings. The number of amides is 1. The molecule has 1 N–H and O–H groups in total. The van der Waals surface area contributed by atoms with Gasteiger partial charge in [-0.15, -0.1) is 0 Å². The first-order valence-corrected chi connectivity index (χ1v) is 9.43. The fourth-order valence-electron chi connectivity index (χ4n) is 3.46. The zero-order valence-electron chi connectivity index (χ0n) is 15.5. The first-order chi connectivity index (χ1) is 13.2. The second kappa shape index (κ2) is 7.73. The Kier molecular flexibility index (Phi) is 5.00. The summed E-state index contributed by atoms with van der Waals surface area (Å²) in [6, 6.07) is 9.86. The van der Waals surface area contributed by atoms with Gasteiger partial charge in [-0.05, 0) is 24.3 Å². The average molecular weight is 364 g/mol. The summed E-state index contributed by atoms with van der Waals surface area (Å²) in [5, 5.41) is 8.22. The molecule has 0 atom stereocenters. The van der Waals surface area contributed by atoms with Gasteiger partial charge in [0.15, 0.2) is 5.65 Å². The van der Waals surface area contributed by atoms with Crippen molar-refractivity contribution in [2.75, 3.05) is 18.0 Å². The molecular formula is C20H24N6O. The number of piperidine rings is 1. The Balaban J connectivity index is 1.46. The number of aromatic nitrogens is 4. The molecule has 1 saturated heterocycles. The van der Waals surface area contributed by atoms with E-state index in [0.717, 1.165) is 35.8 Å². The monoisotopic (exact) mass is 364 g/mol. The molecule has 7 heteroatoms. The van der Waals surface area contributed by atoms with Crippen molar-refractivity contribution in [3.05, 3.63) is 48.4 Å². The van der Waals surface area contributed by atoms with Crippen LogP contribution in [0.3, 0.4) is 0 Å². The number of carbonyl (C=O) groups excluding carboxylic acids is 1. The van der Waals surface area contributed by atoms with Crippen LogP contribution in [0, 0.1) is 5.92 Å². The van der Waals surface area contributed by atoms with E-state index in [1.54, 1.807) is 17.2 Å². The van der Waals surface area contributed by atoms with Crippen molar-refractivity contribution >= 4 is 22.8 Å². The van der Waals surface area contributed by atoms with E-state index in [2.05, 4.69) is 32.2 Å². The van der Waals surface area contributed by atoms with E-state index >= 15 is 0 Å². The maximum atomic E-state index is 12.3. The van der Waals surface area contributed by atoms with E-state index < -0.39 is 0 Å². The fourth-order valence-corrected chi connectivity index (χ4v) is 3.46. The summed E-state index contributed by atoms with van der Waals surface area (Å²) in [6.07, 6.45) is 5.67. The Morgan fingerprint density at radius 3 is 2.74 bits per heavy atom. The third kappa shape index (κ3) is 3.92. The Morgan fingerprint density at radius 1 is 1.19 bits per heavy atom. The van der Waals surface area contributed by atoms with Gasteiger partial charge in [-0.1, -0.05) is 37.3 Å². The molecule has 1 aromatic carbocycles. The van der Waals surface area contributed by atoms with Crippen LogP contribution in [0.25, 0.3) is 11.0 Å². The molecule has 0 radical (unpaired) electrons. The minimum atomic E-state index is -0.0872. The SMILES string of the molecule is CC1CCN(c2ncnc3c2cnn3CC(=O)NCc2ccccc2)CC1. The number of hydrogen-bond donors (Lipinski definition) is 1. The van der Waals surface area contributed by atoms with Crippen LogP contribution in [-0.4, -0.2) is 38.7 Å². The van der Waals surface area contributed by atoms with Crippen molar-refractivity contribution in [1.82, 2.24) is 25.1 Å². The lowest BCUT2D eigenvalue weighted by atomic mass is 9.99. The van der Waals surface area contributed by atoms with Crippen LogP contribution < -0.4 is 10.2 Å². The van der Waals surface area contributed by atoms with Gasteiger partial charge in [0.25, 0.3) is 0 Å². The molecule has 0 saturated carbocycles. The van der Waals surface area contributed by atoms with Gasteiger partial charge in [0, 0.05) is 19.6 Å². The highest BCUT2D eigenvalue weighted by Gasteiger charge is 2.21. The van der Waals surface area contributed by atoms with Crippen LogP contribution in [0.4, 0.5) is 5.82 Å². The molecule has 1 amide bonds. The molecule has 0 aliphatic carbocycles. The number of hydrogen-bond acceptors (Lipinski definition) is 5. The van der Waals surface area contributed by atoms with Crippen LogP contribution >= 0.6 is 0 Å². The number of anilines is 1. The van der Waals surface area contributed by atoms with Crippen LogP contribution in [0.15, 0.2) is 42.9 Å². The number of nitrogens with one attached hydrogen (secondary N) is 1. The molecular weight excluding hydrogens is 340 g/mol. The molecule has 0 unspecified atom stereocenters. The maximum absolute atomic E-state index is 12.3. The van der Waals surface area contributed by atoms with E-state index in [1.165, 1.54) is 12.8 Å². The molecule has 3 heterocycles. The van der Waals surface area contributed by atoms with Gasteiger partial charge in [-0.2, -0.15) is 5.10 Å². The molecule has 3 aromatic rings. The molecule has 2 aromatic heterocycles. The molecule has 1 aliphatic heterocycles. The van der Waals surface area contributed by atoms with Gasteiger partial charge in [0.2, 0.25) is 5.91 Å². The van der Waals surface area contributed by atoms with E-state index in [0.29, 0.717) is 12.2 Å². The van der Waals surface area contributed by atoms with Gasteiger partial charge in [-0.25, -0.2) is 14.6 Å². The highest BCUT2D eigenvalue weighted by atomic mass is 16.2. The lowest BCUT2D eigenvalue weighted by Crippen LogP contribution is -2.33. The quantitative estimate of drug-likeness (QED) is 0.752. The Bertz CT molecular complexity index is 915. The van der Waals surface area contributed by atoms with Crippen molar-refractivity contribution in [2.45, 2.75) is 32.9 Å². The predicted molar refractivity (Wildman–Crippen MR) is 104 cm³/mol. The highest BCUT2D eigenvalue weighted by molar-refractivity contribution is 5.87. The van der Waals surface area contributed by atoms with Crippen LogP contribution in [0.2, 0.25) is 0 Å². The molecule has 0 bridgehead atoms. The lowest BCUT2D eigenvalue weighted by Gasteiger charge is -2.31. The molecule has 140 valence electrons. The van der Waals surface area contributed by atoms with E-state index in [1.807, 2.05) is 30.3 Å². The third-order valence-electron chi connectivity index (χ3n) is 5.12. The van der Waals surface area contributed by atoms with Crippen molar-refractivity contribution in [3.8, 4) is 0 Å². The van der Waals surface area contributed by atoms with Gasteiger partial charge in [-0.3, -0.25) is 4.79 Å². The molecule has 4 rings (SSSR count). The molecule has 0 spiro atoms. The largest absolute Gasteiger partial charge is 0.356 e. The highest BCUT2D eigenvalue weighted by Crippen LogP contribution is 2.26. The fraction of sp³-hybridized carbons (Fsp3) is 0.400. The van der Waals surface area contributed by atoms with Gasteiger partial charge >= 0.3 is 0 Å². The zero-order chi connectivity index (χ0) is 18.6. The minimum Gasteiger partial charge on any atom is -0.356 e. The molecule has 7 nitrogen and oxygen atoms in total. The van der Waals surface area contributed by atoms with Crippen molar-refractivity contribution < 1.29 is 4.79 Å². The summed E-state index contributed by atoms with van der Waals surface area (Å²) in [6.45, 7) is 4.93. The van der Waals surface area contributed by atoms with Gasteiger partial charge in [0.05, 0.1) is 11.6 Å². The molecule has 1 aliphatic rings. The van der Waals surface area contributed by atoms with Crippen molar-refractivity contribution in [3.63, 3.8) is 0 Å².